The van der Waals surface area contributed by atoms with E-state index in [1.165, 1.54) is 25.7 Å². The van der Waals surface area contributed by atoms with Crippen LogP contribution in [0, 0.1) is 5.92 Å². The number of hydrogen-bond acceptors (Lipinski definition) is 2. The number of amides is 1. The Morgan fingerprint density at radius 1 is 1.17 bits per heavy atom. The highest BCUT2D eigenvalue weighted by Gasteiger charge is 2.34. The first kappa shape index (κ1) is 12.2. The van der Waals surface area contributed by atoms with Gasteiger partial charge in [0, 0.05) is 24.5 Å². The molecule has 2 bridgehead atoms. The van der Waals surface area contributed by atoms with Gasteiger partial charge in [0.15, 0.2) is 0 Å². The monoisotopic (exact) mass is 248 g/mol. The van der Waals surface area contributed by atoms with Crippen molar-refractivity contribution in [1.82, 2.24) is 10.6 Å². The van der Waals surface area contributed by atoms with E-state index < -0.39 is 0 Å². The Labute approximate surface area is 109 Å². The van der Waals surface area contributed by atoms with Crippen molar-refractivity contribution in [2.24, 2.45) is 5.92 Å². The predicted octanol–water partition coefficient (Wildman–Crippen LogP) is 2.13. The lowest BCUT2D eigenvalue weighted by atomic mass is 9.89. The zero-order chi connectivity index (χ0) is 12.4. The number of nitrogens with one attached hydrogen (secondary N) is 2. The second-order valence-corrected chi connectivity index (χ2v) is 6.23. The molecule has 1 aliphatic carbocycles. The van der Waals surface area contributed by atoms with Crippen LogP contribution >= 0.6 is 0 Å². The molecule has 3 aliphatic rings. The van der Waals surface area contributed by atoms with Gasteiger partial charge in [-0.25, -0.2) is 0 Å². The van der Waals surface area contributed by atoms with E-state index in [4.69, 9.17) is 0 Å². The summed E-state index contributed by atoms with van der Waals surface area (Å²) in [5.74, 6) is 0.893. The molecule has 1 amide bonds. The number of hydrogen-bond donors (Lipinski definition) is 2. The fraction of sp³-hybridized carbons (Fsp3) is 0.800. The molecule has 0 aromatic heterocycles. The molecule has 0 radical (unpaired) electrons. The van der Waals surface area contributed by atoms with Crippen molar-refractivity contribution in [3.05, 3.63) is 12.2 Å². The van der Waals surface area contributed by atoms with Crippen molar-refractivity contribution >= 4 is 5.91 Å². The minimum absolute atomic E-state index is 0.279. The highest BCUT2D eigenvalue weighted by atomic mass is 16.1. The number of fused-ring (bicyclic) bond motifs is 2. The standard InChI is InChI=1S/C15H24N2O/c18-15(17-12-4-2-1-3-5-12)10-11-8-13-6-7-14(9-11)16-13/h1-2,11-14,16H,3-10H2,(H,17,18). The molecule has 3 atom stereocenters. The third-order valence-corrected chi connectivity index (χ3v) is 4.68. The van der Waals surface area contributed by atoms with Crippen molar-refractivity contribution < 1.29 is 4.79 Å². The lowest BCUT2D eigenvalue weighted by Gasteiger charge is -2.29. The Bertz CT molecular complexity index is 327. The number of rotatable bonds is 3. The van der Waals surface area contributed by atoms with Gasteiger partial charge in [-0.2, -0.15) is 0 Å². The van der Waals surface area contributed by atoms with Crippen LogP contribution in [0.15, 0.2) is 12.2 Å². The second kappa shape index (κ2) is 5.43. The smallest absolute Gasteiger partial charge is 0.220 e. The maximum atomic E-state index is 12.1. The van der Waals surface area contributed by atoms with Crippen LogP contribution < -0.4 is 10.6 Å². The molecular formula is C15H24N2O. The summed E-state index contributed by atoms with van der Waals surface area (Å²) in [7, 11) is 0. The Morgan fingerprint density at radius 3 is 2.61 bits per heavy atom. The Morgan fingerprint density at radius 2 is 1.94 bits per heavy atom. The summed E-state index contributed by atoms with van der Waals surface area (Å²) < 4.78 is 0. The van der Waals surface area contributed by atoms with Gasteiger partial charge in [0.25, 0.3) is 0 Å². The topological polar surface area (TPSA) is 41.1 Å². The highest BCUT2D eigenvalue weighted by molar-refractivity contribution is 5.76. The zero-order valence-corrected chi connectivity index (χ0v) is 11.0. The third kappa shape index (κ3) is 2.94. The summed E-state index contributed by atoms with van der Waals surface area (Å²) in [4.78, 5) is 12.1. The van der Waals surface area contributed by atoms with E-state index in [0.29, 0.717) is 24.0 Å². The van der Waals surface area contributed by atoms with Crippen molar-refractivity contribution in [3.63, 3.8) is 0 Å². The maximum Gasteiger partial charge on any atom is 0.220 e. The van der Waals surface area contributed by atoms with E-state index in [1.807, 2.05) is 0 Å². The SMILES string of the molecule is O=C(CC1CC2CCC(C1)N2)NC1CC=CCC1. The first-order chi connectivity index (χ1) is 8.79. The number of piperidine rings is 1. The fourth-order valence-electron chi connectivity index (χ4n) is 3.82. The summed E-state index contributed by atoms with van der Waals surface area (Å²) in [5.41, 5.74) is 0. The van der Waals surface area contributed by atoms with E-state index in [1.54, 1.807) is 0 Å². The zero-order valence-electron chi connectivity index (χ0n) is 11.0. The van der Waals surface area contributed by atoms with Gasteiger partial charge in [0.05, 0.1) is 0 Å². The molecule has 0 aromatic rings. The third-order valence-electron chi connectivity index (χ3n) is 4.68. The average molecular weight is 248 g/mol. The predicted molar refractivity (Wildman–Crippen MR) is 72.2 cm³/mol. The van der Waals surface area contributed by atoms with Gasteiger partial charge in [-0.05, 0) is 50.9 Å². The fourth-order valence-corrected chi connectivity index (χ4v) is 3.82. The summed E-state index contributed by atoms with van der Waals surface area (Å²) >= 11 is 0. The highest BCUT2D eigenvalue weighted by Crippen LogP contribution is 2.32. The van der Waals surface area contributed by atoms with E-state index >= 15 is 0 Å². The molecule has 3 nitrogen and oxygen atoms in total. The molecule has 3 heteroatoms. The molecule has 3 rings (SSSR count). The lowest BCUT2D eigenvalue weighted by molar-refractivity contribution is -0.123. The molecule has 0 aromatic carbocycles. The van der Waals surface area contributed by atoms with Gasteiger partial charge in [-0.1, -0.05) is 12.2 Å². The van der Waals surface area contributed by atoms with Crippen molar-refractivity contribution in [2.45, 2.75) is 69.5 Å². The molecule has 2 N–H and O–H groups in total. The van der Waals surface area contributed by atoms with Gasteiger partial charge in [-0.15, -0.1) is 0 Å². The van der Waals surface area contributed by atoms with Crippen molar-refractivity contribution in [2.75, 3.05) is 0 Å². The van der Waals surface area contributed by atoms with Gasteiger partial charge >= 0.3 is 0 Å². The van der Waals surface area contributed by atoms with Gasteiger partial charge < -0.3 is 10.6 Å². The van der Waals surface area contributed by atoms with Crippen molar-refractivity contribution in [1.29, 1.82) is 0 Å². The quantitative estimate of drug-likeness (QED) is 0.751. The Balaban J connectivity index is 1.44. The van der Waals surface area contributed by atoms with E-state index in [0.717, 1.165) is 25.7 Å². The number of carbonyl (C=O) groups is 1. The average Bonchev–Trinajstić information content (AvgIpc) is 2.70. The van der Waals surface area contributed by atoms with Crippen LogP contribution in [0.25, 0.3) is 0 Å². The molecule has 3 unspecified atom stereocenters. The van der Waals surface area contributed by atoms with Gasteiger partial charge in [-0.3, -0.25) is 4.79 Å². The summed E-state index contributed by atoms with van der Waals surface area (Å²) in [5, 5.41) is 6.84. The van der Waals surface area contributed by atoms with E-state index in [-0.39, 0.29) is 5.91 Å². The van der Waals surface area contributed by atoms with Crippen LogP contribution in [0.3, 0.4) is 0 Å². The van der Waals surface area contributed by atoms with Crippen LogP contribution in [-0.2, 0) is 4.79 Å². The molecule has 2 aliphatic heterocycles. The molecule has 0 spiro atoms. The van der Waals surface area contributed by atoms with E-state index in [9.17, 15) is 4.79 Å². The molecule has 100 valence electrons. The first-order valence-corrected chi connectivity index (χ1v) is 7.50. The van der Waals surface area contributed by atoms with Gasteiger partial charge in [0.2, 0.25) is 5.91 Å². The van der Waals surface area contributed by atoms with Crippen LogP contribution in [0.4, 0.5) is 0 Å². The molecule has 0 saturated carbocycles. The van der Waals surface area contributed by atoms with Crippen LogP contribution in [0.1, 0.15) is 51.4 Å². The summed E-state index contributed by atoms with van der Waals surface area (Å²) in [6.45, 7) is 0. The first-order valence-electron chi connectivity index (χ1n) is 7.50. The summed E-state index contributed by atoms with van der Waals surface area (Å²) in [6, 6.07) is 1.78. The lowest BCUT2D eigenvalue weighted by Crippen LogP contribution is -2.41. The Kier molecular flexibility index (Phi) is 3.69. The van der Waals surface area contributed by atoms with Crippen LogP contribution in [-0.4, -0.2) is 24.0 Å². The number of allylic oxidation sites excluding steroid dienone is 1. The Hall–Kier alpha value is -0.830. The second-order valence-electron chi connectivity index (χ2n) is 6.23. The van der Waals surface area contributed by atoms with Crippen LogP contribution in [0.2, 0.25) is 0 Å². The minimum Gasteiger partial charge on any atom is -0.353 e. The molecule has 2 fully saturated rings. The minimum atomic E-state index is 0.279. The molecule has 18 heavy (non-hydrogen) atoms. The largest absolute Gasteiger partial charge is 0.353 e. The molecule has 2 saturated heterocycles. The van der Waals surface area contributed by atoms with Gasteiger partial charge in [0.1, 0.15) is 0 Å². The maximum absolute atomic E-state index is 12.1. The summed E-state index contributed by atoms with van der Waals surface area (Å²) in [6.07, 6.45) is 13.4. The normalized spacial score (nSPS) is 38.7. The molecule has 2 heterocycles. The van der Waals surface area contributed by atoms with E-state index in [2.05, 4.69) is 22.8 Å². The van der Waals surface area contributed by atoms with Crippen LogP contribution in [0.5, 0.6) is 0 Å². The molecular weight excluding hydrogens is 224 g/mol. The number of carbonyl (C=O) groups excluding carboxylic acids is 1. The van der Waals surface area contributed by atoms with Crippen molar-refractivity contribution in [3.8, 4) is 0 Å².